The summed E-state index contributed by atoms with van der Waals surface area (Å²) in [5, 5.41) is 3.95. The summed E-state index contributed by atoms with van der Waals surface area (Å²) in [5.41, 5.74) is 2.23. The minimum absolute atomic E-state index is 0.203. The number of nitrogens with zero attached hydrogens (tertiary/aromatic N) is 2. The zero-order chi connectivity index (χ0) is 14.7. The number of benzene rings is 2. The van der Waals surface area contributed by atoms with Gasteiger partial charge in [0.05, 0.1) is 12.2 Å². The van der Waals surface area contributed by atoms with Crippen LogP contribution in [0.2, 0.25) is 0 Å². The van der Waals surface area contributed by atoms with Crippen molar-refractivity contribution in [1.29, 1.82) is 0 Å². The summed E-state index contributed by atoms with van der Waals surface area (Å²) in [4.78, 5) is 12.1. The molecule has 0 N–H and O–H groups in total. The summed E-state index contributed by atoms with van der Waals surface area (Å²) in [6.45, 7) is 1.50. The molecule has 21 heavy (non-hydrogen) atoms. The Morgan fingerprint density at radius 3 is 2.38 bits per heavy atom. The average molecular weight is 345 g/mol. The van der Waals surface area contributed by atoms with E-state index in [9.17, 15) is 4.79 Å². The molecule has 1 fully saturated rings. The highest BCUT2D eigenvalue weighted by Crippen LogP contribution is 2.25. The Balaban J connectivity index is 1.90. The first-order valence-electron chi connectivity index (χ1n) is 7.11. The summed E-state index contributed by atoms with van der Waals surface area (Å²) in [5.74, 6) is 0.203. The number of hydrogen-bond acceptors (Lipinski definition) is 2. The third-order valence-corrected chi connectivity index (χ3v) is 4.17. The minimum Gasteiger partial charge on any atom is -0.279 e. The molecule has 1 saturated heterocycles. The van der Waals surface area contributed by atoms with Crippen molar-refractivity contribution in [3.63, 3.8) is 0 Å². The van der Waals surface area contributed by atoms with Gasteiger partial charge in [0.25, 0.3) is 0 Å². The van der Waals surface area contributed by atoms with Gasteiger partial charge >= 0.3 is 0 Å². The van der Waals surface area contributed by atoms with E-state index in [0.29, 0.717) is 13.0 Å². The summed E-state index contributed by atoms with van der Waals surface area (Å²) < 4.78 is 1.04. The number of amides is 1. The predicted octanol–water partition coefficient (Wildman–Crippen LogP) is 3.99. The number of hydrazine groups is 1. The van der Waals surface area contributed by atoms with E-state index in [-0.39, 0.29) is 5.91 Å². The number of halogens is 1. The van der Waals surface area contributed by atoms with Crippen LogP contribution in [0.25, 0.3) is 0 Å². The molecule has 0 saturated carbocycles. The van der Waals surface area contributed by atoms with Crippen molar-refractivity contribution in [2.24, 2.45) is 0 Å². The Kier molecular flexibility index (Phi) is 4.25. The fraction of sp³-hybridized carbons (Fsp3) is 0.235. The van der Waals surface area contributed by atoms with Gasteiger partial charge in [-0.3, -0.25) is 14.8 Å². The van der Waals surface area contributed by atoms with Crippen LogP contribution in [0.1, 0.15) is 18.4 Å². The van der Waals surface area contributed by atoms with Crippen LogP contribution in [0, 0.1) is 0 Å². The van der Waals surface area contributed by atoms with Crippen LogP contribution in [-0.2, 0) is 11.3 Å². The molecule has 0 aliphatic carbocycles. The van der Waals surface area contributed by atoms with E-state index in [0.717, 1.165) is 23.1 Å². The van der Waals surface area contributed by atoms with Crippen LogP contribution in [0.5, 0.6) is 0 Å². The topological polar surface area (TPSA) is 23.6 Å². The van der Waals surface area contributed by atoms with E-state index < -0.39 is 0 Å². The van der Waals surface area contributed by atoms with E-state index in [1.54, 1.807) is 0 Å². The van der Waals surface area contributed by atoms with Crippen LogP contribution in [0.3, 0.4) is 0 Å². The summed E-state index contributed by atoms with van der Waals surface area (Å²) in [6.07, 6.45) is 1.57. The van der Waals surface area contributed by atoms with Crippen molar-refractivity contribution in [3.8, 4) is 0 Å². The van der Waals surface area contributed by atoms with Gasteiger partial charge in [-0.1, -0.05) is 46.3 Å². The zero-order valence-corrected chi connectivity index (χ0v) is 13.3. The normalized spacial score (nSPS) is 14.5. The summed E-state index contributed by atoms with van der Waals surface area (Å²) in [6, 6.07) is 18.3. The lowest BCUT2D eigenvalue weighted by Crippen LogP contribution is -2.43. The minimum atomic E-state index is 0.203. The van der Waals surface area contributed by atoms with E-state index in [1.807, 2.05) is 47.5 Å². The molecule has 2 aromatic carbocycles. The van der Waals surface area contributed by atoms with Crippen molar-refractivity contribution >= 4 is 27.5 Å². The van der Waals surface area contributed by atoms with E-state index >= 15 is 0 Å². The fourth-order valence-corrected chi connectivity index (χ4v) is 2.84. The highest BCUT2D eigenvalue weighted by atomic mass is 79.9. The number of carbonyl (C=O) groups excluding carboxylic acids is 1. The molecule has 3 rings (SSSR count). The molecule has 2 aromatic rings. The smallest absolute Gasteiger partial charge is 0.241 e. The van der Waals surface area contributed by atoms with Crippen LogP contribution in [0.4, 0.5) is 5.69 Å². The third kappa shape index (κ3) is 3.27. The Hall–Kier alpha value is -1.81. The monoisotopic (exact) mass is 344 g/mol. The van der Waals surface area contributed by atoms with Gasteiger partial charge in [0.1, 0.15) is 0 Å². The molecule has 1 heterocycles. The Morgan fingerprint density at radius 1 is 1.05 bits per heavy atom. The molecule has 0 bridgehead atoms. The molecule has 1 amide bonds. The van der Waals surface area contributed by atoms with Crippen molar-refractivity contribution < 1.29 is 4.79 Å². The number of anilines is 1. The van der Waals surface area contributed by atoms with Gasteiger partial charge < -0.3 is 0 Å². The lowest BCUT2D eigenvalue weighted by molar-refractivity contribution is -0.128. The quantitative estimate of drug-likeness (QED) is 0.836. The standard InChI is InChI=1S/C17H17BrN2O/c18-15-8-10-16(11-9-15)20(19-12-4-7-17(19)21)13-14-5-2-1-3-6-14/h1-3,5-6,8-11H,4,7,12-13H2. The second-order valence-electron chi connectivity index (χ2n) is 5.14. The number of carbonyl (C=O) groups is 1. The van der Waals surface area contributed by atoms with Crippen LogP contribution < -0.4 is 5.01 Å². The Labute approximate surface area is 133 Å². The molecule has 1 aliphatic rings. The third-order valence-electron chi connectivity index (χ3n) is 3.64. The fourth-order valence-electron chi connectivity index (χ4n) is 2.57. The molecule has 4 heteroatoms. The van der Waals surface area contributed by atoms with E-state index in [2.05, 4.69) is 33.1 Å². The lowest BCUT2D eigenvalue weighted by Gasteiger charge is -2.33. The second kappa shape index (κ2) is 6.31. The van der Waals surface area contributed by atoms with Crippen LogP contribution in [-0.4, -0.2) is 17.5 Å². The molecule has 0 aromatic heterocycles. The molecule has 0 spiro atoms. The summed E-state index contributed by atoms with van der Waals surface area (Å²) in [7, 11) is 0. The maximum absolute atomic E-state index is 12.1. The highest BCUT2D eigenvalue weighted by Gasteiger charge is 2.26. The van der Waals surface area contributed by atoms with Gasteiger partial charge in [-0.2, -0.15) is 0 Å². The van der Waals surface area contributed by atoms with Crippen molar-refractivity contribution in [2.45, 2.75) is 19.4 Å². The van der Waals surface area contributed by atoms with E-state index in [1.165, 1.54) is 5.56 Å². The number of rotatable bonds is 4. The lowest BCUT2D eigenvalue weighted by atomic mass is 10.2. The molecule has 0 radical (unpaired) electrons. The van der Waals surface area contributed by atoms with Gasteiger partial charge in [-0.15, -0.1) is 0 Å². The Bertz CT molecular complexity index is 612. The van der Waals surface area contributed by atoms with Crippen molar-refractivity contribution in [2.75, 3.05) is 11.6 Å². The maximum atomic E-state index is 12.1. The first-order valence-corrected chi connectivity index (χ1v) is 7.90. The van der Waals surface area contributed by atoms with Crippen molar-refractivity contribution in [3.05, 3.63) is 64.6 Å². The highest BCUT2D eigenvalue weighted by molar-refractivity contribution is 9.10. The zero-order valence-electron chi connectivity index (χ0n) is 11.7. The van der Waals surface area contributed by atoms with Crippen LogP contribution >= 0.6 is 15.9 Å². The first kappa shape index (κ1) is 14.1. The molecular formula is C17H17BrN2O. The molecule has 0 atom stereocenters. The van der Waals surface area contributed by atoms with Gasteiger partial charge in [-0.25, -0.2) is 0 Å². The van der Waals surface area contributed by atoms with Crippen molar-refractivity contribution in [1.82, 2.24) is 5.01 Å². The second-order valence-corrected chi connectivity index (χ2v) is 6.06. The maximum Gasteiger partial charge on any atom is 0.241 e. The van der Waals surface area contributed by atoms with E-state index in [4.69, 9.17) is 0 Å². The average Bonchev–Trinajstić information content (AvgIpc) is 2.93. The summed E-state index contributed by atoms with van der Waals surface area (Å²) >= 11 is 3.46. The SMILES string of the molecule is O=C1CCCN1N(Cc1ccccc1)c1ccc(Br)cc1. The first-order chi connectivity index (χ1) is 10.2. The molecule has 0 unspecified atom stereocenters. The predicted molar refractivity (Wildman–Crippen MR) is 87.7 cm³/mol. The molecule has 1 aliphatic heterocycles. The Morgan fingerprint density at radius 2 is 1.76 bits per heavy atom. The van der Waals surface area contributed by atoms with Gasteiger partial charge in [0.2, 0.25) is 5.91 Å². The number of hydrogen-bond donors (Lipinski definition) is 0. The molecule has 108 valence electrons. The van der Waals surface area contributed by atoms with Gasteiger partial charge in [0.15, 0.2) is 0 Å². The van der Waals surface area contributed by atoms with Gasteiger partial charge in [0, 0.05) is 17.4 Å². The molecule has 3 nitrogen and oxygen atoms in total. The largest absolute Gasteiger partial charge is 0.279 e. The van der Waals surface area contributed by atoms with Crippen LogP contribution in [0.15, 0.2) is 59.1 Å². The molecular weight excluding hydrogens is 328 g/mol. The van der Waals surface area contributed by atoms with Gasteiger partial charge in [-0.05, 0) is 36.2 Å².